The summed E-state index contributed by atoms with van der Waals surface area (Å²) in [6, 6.07) is 2.89. The molecule has 2 heterocycles. The third-order valence-corrected chi connectivity index (χ3v) is 6.75. The summed E-state index contributed by atoms with van der Waals surface area (Å²) >= 11 is 0. The summed E-state index contributed by atoms with van der Waals surface area (Å²) in [7, 11) is -4.10. The van der Waals surface area contributed by atoms with Gasteiger partial charge in [-0.3, -0.25) is 4.79 Å². The number of fused-ring (bicyclic) bond motifs is 1. The lowest BCUT2D eigenvalue weighted by atomic mass is 9.91. The fraction of sp³-hybridized carbons (Fsp3) is 0.438. The van der Waals surface area contributed by atoms with Crippen LogP contribution >= 0.6 is 0 Å². The van der Waals surface area contributed by atoms with Crippen molar-refractivity contribution in [3.8, 4) is 11.5 Å². The predicted octanol–water partition coefficient (Wildman–Crippen LogP) is 2.09. The van der Waals surface area contributed by atoms with Crippen molar-refractivity contribution in [1.82, 2.24) is 14.5 Å². The van der Waals surface area contributed by atoms with Gasteiger partial charge in [0.05, 0.1) is 11.6 Å². The van der Waals surface area contributed by atoms with Crippen molar-refractivity contribution in [3.63, 3.8) is 0 Å². The van der Waals surface area contributed by atoms with Crippen LogP contribution in [0.2, 0.25) is 0 Å². The molecule has 0 saturated heterocycles. The Morgan fingerprint density at radius 3 is 2.63 bits per heavy atom. The van der Waals surface area contributed by atoms with Crippen LogP contribution in [0.25, 0.3) is 11.5 Å². The van der Waals surface area contributed by atoms with Crippen molar-refractivity contribution in [1.29, 1.82) is 0 Å². The smallest absolute Gasteiger partial charge is 0.314 e. The van der Waals surface area contributed by atoms with Crippen molar-refractivity contribution in [3.05, 3.63) is 29.7 Å². The van der Waals surface area contributed by atoms with Gasteiger partial charge in [-0.25, -0.2) is 12.7 Å². The molecule has 1 aromatic carbocycles. The summed E-state index contributed by atoms with van der Waals surface area (Å²) < 4.78 is 57.0. The fourth-order valence-corrected chi connectivity index (χ4v) is 5.43. The van der Waals surface area contributed by atoms with Crippen molar-refractivity contribution < 1.29 is 26.4 Å². The van der Waals surface area contributed by atoms with Crippen molar-refractivity contribution in [2.45, 2.75) is 49.1 Å². The topological polar surface area (TPSA) is 119 Å². The van der Waals surface area contributed by atoms with Gasteiger partial charge in [0.25, 0.3) is 21.8 Å². The van der Waals surface area contributed by atoms with E-state index in [1.165, 1.54) is 18.2 Å². The summed E-state index contributed by atoms with van der Waals surface area (Å²) in [6.45, 7) is 0. The molecular weight excluding hydrogens is 382 g/mol. The van der Waals surface area contributed by atoms with Crippen LogP contribution in [-0.2, 0) is 10.0 Å². The molecule has 4 rings (SSSR count). The number of aromatic nitrogens is 2. The van der Waals surface area contributed by atoms with Crippen LogP contribution in [0.4, 0.5) is 8.78 Å². The monoisotopic (exact) mass is 398 g/mol. The molecule has 2 atom stereocenters. The van der Waals surface area contributed by atoms with Crippen molar-refractivity contribution >= 4 is 15.9 Å². The van der Waals surface area contributed by atoms with Gasteiger partial charge in [0.1, 0.15) is 4.90 Å². The number of rotatable bonds is 3. The minimum atomic E-state index is -4.10. The first kappa shape index (κ1) is 18.0. The van der Waals surface area contributed by atoms with Crippen LogP contribution in [0, 0.1) is 0 Å². The van der Waals surface area contributed by atoms with E-state index in [0.29, 0.717) is 12.8 Å². The minimum Gasteiger partial charge on any atom is -0.415 e. The van der Waals surface area contributed by atoms with Crippen LogP contribution in [0.5, 0.6) is 0 Å². The molecule has 11 heteroatoms. The van der Waals surface area contributed by atoms with Gasteiger partial charge in [-0.2, -0.15) is 8.78 Å². The lowest BCUT2D eigenvalue weighted by molar-refractivity contribution is 0.0795. The highest BCUT2D eigenvalue weighted by Crippen LogP contribution is 2.38. The lowest BCUT2D eigenvalue weighted by Crippen LogP contribution is -2.51. The molecule has 1 fully saturated rings. The maximum atomic E-state index is 13.0. The minimum absolute atomic E-state index is 0.0186. The zero-order chi connectivity index (χ0) is 19.3. The maximum Gasteiger partial charge on any atom is 0.314 e. The molecule has 144 valence electrons. The van der Waals surface area contributed by atoms with E-state index in [0.717, 1.165) is 17.1 Å². The van der Waals surface area contributed by atoms with Crippen molar-refractivity contribution in [2.24, 2.45) is 5.73 Å². The van der Waals surface area contributed by atoms with Gasteiger partial charge in [-0.1, -0.05) is 12.8 Å². The maximum absolute atomic E-state index is 13.0. The molecule has 0 unspecified atom stereocenters. The summed E-state index contributed by atoms with van der Waals surface area (Å²) in [5.74, 6) is -1.74. The van der Waals surface area contributed by atoms with E-state index in [-0.39, 0.29) is 21.9 Å². The summed E-state index contributed by atoms with van der Waals surface area (Å²) in [5.41, 5.74) is 6.22. The highest BCUT2D eigenvalue weighted by atomic mass is 32.2. The number of carbonyl (C=O) groups is 1. The molecule has 1 aliphatic carbocycles. The molecule has 1 amide bonds. The largest absolute Gasteiger partial charge is 0.415 e. The molecule has 8 nitrogen and oxygen atoms in total. The van der Waals surface area contributed by atoms with Crippen molar-refractivity contribution in [2.75, 3.05) is 0 Å². The quantitative estimate of drug-likeness (QED) is 0.841. The lowest BCUT2D eigenvalue weighted by Gasteiger charge is -2.34. The molecule has 0 spiro atoms. The second kappa shape index (κ2) is 6.34. The first-order chi connectivity index (χ1) is 12.8. The third kappa shape index (κ3) is 2.81. The molecule has 0 bridgehead atoms. The Labute approximate surface area is 153 Å². The van der Waals surface area contributed by atoms with Crippen LogP contribution in [0.1, 0.15) is 48.4 Å². The Kier molecular flexibility index (Phi) is 4.22. The molecule has 2 aliphatic rings. The number of benzene rings is 1. The molecule has 27 heavy (non-hydrogen) atoms. The van der Waals surface area contributed by atoms with E-state index in [2.05, 4.69) is 10.2 Å². The third-order valence-electron chi connectivity index (χ3n) is 4.91. The number of hydrogen-bond acceptors (Lipinski definition) is 7. The Hall–Kier alpha value is -2.40. The standard InChI is InChI=1S/C16H16F2N4O4S/c17-13(18)15-21-20-14(26-15)8-5-6-9-12(7-8)27(24,25)22(16(9)23)11-4-2-1-3-10(11)19/h5-7,10-11,13H,1-4,19H2/t10-,11-/m1/s1. The Morgan fingerprint density at radius 1 is 1.22 bits per heavy atom. The number of nitrogens with zero attached hydrogens (tertiary/aromatic N) is 3. The average Bonchev–Trinajstić information content (AvgIpc) is 3.19. The van der Waals surface area contributed by atoms with Gasteiger partial charge in [0.15, 0.2) is 0 Å². The number of amides is 1. The van der Waals surface area contributed by atoms with Crippen LogP contribution < -0.4 is 5.73 Å². The van der Waals surface area contributed by atoms with Gasteiger partial charge < -0.3 is 10.2 Å². The summed E-state index contributed by atoms with van der Waals surface area (Å²) in [5, 5.41) is 6.74. The molecular formula is C16H16F2N4O4S. The number of sulfonamides is 1. The first-order valence-corrected chi connectivity index (χ1v) is 9.85. The van der Waals surface area contributed by atoms with Gasteiger partial charge in [-0.05, 0) is 31.0 Å². The molecule has 2 aromatic rings. The Bertz CT molecular complexity index is 1010. The van der Waals surface area contributed by atoms with Crippen LogP contribution in [0.15, 0.2) is 27.5 Å². The fourth-order valence-electron chi connectivity index (χ4n) is 3.58. The Morgan fingerprint density at radius 2 is 1.96 bits per heavy atom. The number of alkyl halides is 2. The second-order valence-corrected chi connectivity index (χ2v) is 8.36. The molecule has 0 radical (unpaired) electrons. The zero-order valence-electron chi connectivity index (χ0n) is 14.0. The van der Waals surface area contributed by atoms with Crippen LogP contribution in [-0.4, -0.2) is 40.9 Å². The van der Waals surface area contributed by atoms with Gasteiger partial charge in [0, 0.05) is 11.6 Å². The number of nitrogens with two attached hydrogens (primary N) is 1. The van der Waals surface area contributed by atoms with Gasteiger partial charge >= 0.3 is 6.43 Å². The molecule has 1 aliphatic heterocycles. The van der Waals surface area contributed by atoms with E-state index in [1.54, 1.807) is 0 Å². The first-order valence-electron chi connectivity index (χ1n) is 8.41. The second-order valence-electron chi connectivity index (χ2n) is 6.58. The van der Waals surface area contributed by atoms with E-state index >= 15 is 0 Å². The van der Waals surface area contributed by atoms with Gasteiger partial charge in [-0.15, -0.1) is 10.2 Å². The van der Waals surface area contributed by atoms with E-state index in [9.17, 15) is 22.0 Å². The van der Waals surface area contributed by atoms with E-state index in [4.69, 9.17) is 10.2 Å². The van der Waals surface area contributed by atoms with Crippen LogP contribution in [0.3, 0.4) is 0 Å². The van der Waals surface area contributed by atoms with E-state index in [1.807, 2.05) is 0 Å². The Balaban J connectivity index is 1.75. The molecule has 1 aromatic heterocycles. The number of carbonyl (C=O) groups excluding carboxylic acids is 1. The average molecular weight is 398 g/mol. The predicted molar refractivity (Wildman–Crippen MR) is 88.3 cm³/mol. The number of hydrogen-bond donors (Lipinski definition) is 1. The SMILES string of the molecule is N[C@@H]1CCCC[C@H]1N1C(=O)c2ccc(-c3nnc(C(F)F)o3)cc2S1(=O)=O. The molecule has 1 saturated carbocycles. The molecule has 2 N–H and O–H groups in total. The van der Waals surface area contributed by atoms with Gasteiger partial charge in [0.2, 0.25) is 5.89 Å². The highest BCUT2D eigenvalue weighted by molar-refractivity contribution is 7.90. The summed E-state index contributed by atoms with van der Waals surface area (Å²) in [6.07, 6.45) is -0.106. The number of halogens is 2. The highest BCUT2D eigenvalue weighted by Gasteiger charge is 2.47. The summed E-state index contributed by atoms with van der Waals surface area (Å²) in [4.78, 5) is 12.5. The van der Waals surface area contributed by atoms with E-state index < -0.39 is 40.3 Å². The zero-order valence-corrected chi connectivity index (χ0v) is 14.8. The normalized spacial score (nSPS) is 24.4.